The maximum Gasteiger partial charge on any atom is 2.00 e. The molecule has 1 radical (unpaired) electrons. The summed E-state index contributed by atoms with van der Waals surface area (Å²) < 4.78 is 0. The second-order valence-electron chi connectivity index (χ2n) is 1.10. The van der Waals surface area contributed by atoms with Crippen LogP contribution in [0.1, 0.15) is 0 Å². The molecule has 2 N–H and O–H groups in total. The van der Waals surface area contributed by atoms with Crippen molar-refractivity contribution in [1.29, 1.82) is 0 Å². The van der Waals surface area contributed by atoms with Gasteiger partial charge < -0.3 is 31.3 Å². The molecule has 0 aromatic carbocycles. The van der Waals surface area contributed by atoms with Crippen LogP contribution in [0.25, 0.3) is 11.5 Å². The van der Waals surface area contributed by atoms with Crippen LogP contribution in [0.2, 0.25) is 0 Å². The van der Waals surface area contributed by atoms with Gasteiger partial charge in [-0.25, -0.2) is 0 Å². The van der Waals surface area contributed by atoms with Crippen molar-refractivity contribution in [3.63, 3.8) is 0 Å². The molecule has 0 aliphatic heterocycles. The van der Waals surface area contributed by atoms with E-state index in [1.807, 2.05) is 0 Å². The van der Waals surface area contributed by atoms with E-state index in [4.69, 9.17) is 31.3 Å². The molecule has 0 aromatic heterocycles. The first-order valence-electron chi connectivity index (χ1n) is 2.23. The van der Waals surface area contributed by atoms with Gasteiger partial charge in [-0.2, -0.15) is 0 Å². The minimum atomic E-state index is -1.33. The first-order valence-corrected chi connectivity index (χ1v) is 2.23. The maximum absolute atomic E-state index is 9.07. The fourth-order valence-corrected chi connectivity index (χ4v) is 0. The predicted octanol–water partition coefficient (Wildman–Crippen LogP) is -2.43. The van der Waals surface area contributed by atoms with Crippen molar-refractivity contribution in [2.24, 2.45) is 0 Å². The molecule has 0 aliphatic carbocycles. The molecule has 7 heteroatoms. The number of carboxylic acids is 2. The summed E-state index contributed by atoms with van der Waals surface area (Å²) in [4.78, 5) is 18.1. The molecule has 65 valence electrons. The summed E-state index contributed by atoms with van der Waals surface area (Å²) in [6, 6.07) is 0. The van der Waals surface area contributed by atoms with Crippen molar-refractivity contribution in [2.75, 3.05) is 13.1 Å². The monoisotopic (exact) mass is 201 g/mol. The van der Waals surface area contributed by atoms with Crippen molar-refractivity contribution in [3.05, 3.63) is 11.5 Å². The molecule has 0 amide bonds. The Labute approximate surface area is 74.0 Å². The zero-order valence-corrected chi connectivity index (χ0v) is 6.61. The van der Waals surface area contributed by atoms with Crippen LogP contribution >= 0.6 is 0 Å². The van der Waals surface area contributed by atoms with Crippen LogP contribution in [0, 0.1) is 0 Å². The number of carbonyl (C=O) groups is 2. The van der Waals surface area contributed by atoms with E-state index in [1.165, 1.54) is 0 Å². The second kappa shape index (κ2) is 12.1. The minimum Gasteiger partial charge on any atom is -0.673 e. The Bertz CT molecular complexity index is 105. The number of nitrogens with one attached hydrogen (secondary N) is 2. The molecular weight excluding hydrogens is 195 g/mol. The number of carboxylic acid groups (broad SMARTS) is 2. The second-order valence-corrected chi connectivity index (χ2v) is 1.10. The molecule has 0 atom stereocenters. The van der Waals surface area contributed by atoms with E-state index in [1.54, 1.807) is 0 Å². The fourth-order valence-electron chi connectivity index (χ4n) is 0. The summed E-state index contributed by atoms with van der Waals surface area (Å²) in [6.07, 6.45) is 0. The van der Waals surface area contributed by atoms with Gasteiger partial charge in [0.05, 0.1) is 0 Å². The Kier molecular flexibility index (Phi) is 18.4. The van der Waals surface area contributed by atoms with E-state index in [2.05, 4.69) is 0 Å². The zero-order valence-electron chi connectivity index (χ0n) is 5.43. The van der Waals surface area contributed by atoms with Gasteiger partial charge in [-0.15, -0.1) is 13.1 Å². The molecule has 11 heavy (non-hydrogen) atoms. The Morgan fingerprint density at radius 1 is 1.00 bits per heavy atom. The van der Waals surface area contributed by atoms with E-state index in [0.29, 0.717) is 0 Å². The molecule has 0 bridgehead atoms. The topological polar surface area (TPSA) is 128 Å². The molecule has 0 heterocycles. The summed E-state index contributed by atoms with van der Waals surface area (Å²) in [7, 11) is 0. The predicted molar refractivity (Wildman–Crippen MR) is 28.4 cm³/mol. The third-order valence-corrected chi connectivity index (χ3v) is 0.289. The minimum absolute atomic E-state index is 0. The third-order valence-electron chi connectivity index (χ3n) is 0.289. The van der Waals surface area contributed by atoms with Crippen LogP contribution in [0.3, 0.4) is 0 Å². The van der Waals surface area contributed by atoms with E-state index in [0.717, 1.165) is 0 Å². The smallest absolute Gasteiger partial charge is 0.673 e. The molecule has 0 saturated carbocycles. The molecule has 0 rings (SSSR count). The van der Waals surface area contributed by atoms with Gasteiger partial charge in [0.1, 0.15) is 0 Å². The normalized spacial score (nSPS) is 6.73. The van der Waals surface area contributed by atoms with Gasteiger partial charge in [-0.05, 0) is 0 Å². The van der Waals surface area contributed by atoms with Gasteiger partial charge in [-0.3, -0.25) is 0 Å². The standard InChI is InChI=1S/2C2H4NO2.Mn/c2*3-1-2(4)5;/h2*3H,1H2,(H,4,5);/q2*-1;+2/p-2. The van der Waals surface area contributed by atoms with Crippen molar-refractivity contribution in [3.8, 4) is 0 Å². The van der Waals surface area contributed by atoms with Gasteiger partial charge >= 0.3 is 17.1 Å². The molecule has 6 nitrogen and oxygen atoms in total. The van der Waals surface area contributed by atoms with Crippen LogP contribution in [0.4, 0.5) is 0 Å². The fraction of sp³-hybridized carbons (Fsp3) is 0.500. The Morgan fingerprint density at radius 2 is 1.09 bits per heavy atom. The average Bonchev–Trinajstić information content (AvgIpc) is 1.89. The van der Waals surface area contributed by atoms with Crippen molar-refractivity contribution >= 4 is 11.9 Å². The third kappa shape index (κ3) is 44.7. The Hall–Kier alpha value is -0.621. The molecule has 0 aliphatic rings. The van der Waals surface area contributed by atoms with Crippen LogP contribution < -0.4 is 10.2 Å². The first kappa shape index (κ1) is 16.8. The van der Waals surface area contributed by atoms with Gasteiger partial charge in [0.2, 0.25) is 0 Å². The van der Waals surface area contributed by atoms with Crippen LogP contribution in [0.15, 0.2) is 0 Å². The number of carbonyl (C=O) groups excluding carboxylic acids is 2. The van der Waals surface area contributed by atoms with Crippen LogP contribution in [-0.2, 0) is 26.7 Å². The molecule has 0 fully saturated rings. The molecular formula is C4H6MnN2O4-2. The largest absolute Gasteiger partial charge is 2.00 e. The summed E-state index contributed by atoms with van der Waals surface area (Å²) >= 11 is 0. The van der Waals surface area contributed by atoms with E-state index in [9.17, 15) is 0 Å². The number of hydrogen-bond donors (Lipinski definition) is 0. The van der Waals surface area contributed by atoms with Gasteiger partial charge in [-0.1, -0.05) is 0 Å². The molecule has 0 saturated heterocycles. The van der Waals surface area contributed by atoms with E-state index >= 15 is 0 Å². The molecule has 0 unspecified atom stereocenters. The summed E-state index contributed by atoms with van der Waals surface area (Å²) in [5, 5.41) is 18.1. The maximum atomic E-state index is 9.07. The number of aliphatic carboxylic acids is 2. The van der Waals surface area contributed by atoms with Gasteiger partial charge in [0.15, 0.2) is 0 Å². The Morgan fingerprint density at radius 3 is 1.09 bits per heavy atom. The zero-order chi connectivity index (χ0) is 8.57. The van der Waals surface area contributed by atoms with Crippen molar-refractivity contribution in [1.82, 2.24) is 0 Å². The van der Waals surface area contributed by atoms with Crippen LogP contribution in [-0.4, -0.2) is 25.0 Å². The SMILES string of the molecule is [Mn+2].[NH-]CC(=O)[O-].[NH-]CC(=O)[O-]. The van der Waals surface area contributed by atoms with E-state index in [-0.39, 0.29) is 17.1 Å². The Balaban J connectivity index is -0.000000107. The first-order chi connectivity index (χ1) is 4.54. The van der Waals surface area contributed by atoms with E-state index < -0.39 is 25.0 Å². The summed E-state index contributed by atoms with van der Waals surface area (Å²) in [6.45, 7) is -1.28. The van der Waals surface area contributed by atoms with Gasteiger partial charge in [0.25, 0.3) is 0 Å². The number of rotatable bonds is 2. The molecule has 0 aromatic rings. The quantitative estimate of drug-likeness (QED) is 0.460. The van der Waals surface area contributed by atoms with Crippen molar-refractivity contribution < 1.29 is 36.9 Å². The van der Waals surface area contributed by atoms with Crippen LogP contribution in [0.5, 0.6) is 0 Å². The number of hydrogen-bond acceptors (Lipinski definition) is 4. The van der Waals surface area contributed by atoms with Gasteiger partial charge in [0, 0.05) is 11.9 Å². The molecule has 0 spiro atoms. The summed E-state index contributed by atoms with van der Waals surface area (Å²) in [5.41, 5.74) is 12.0. The van der Waals surface area contributed by atoms with Crippen molar-refractivity contribution in [2.45, 2.75) is 0 Å². The summed E-state index contributed by atoms with van der Waals surface area (Å²) in [5.74, 6) is -2.66. The average molecular weight is 201 g/mol.